The van der Waals surface area contributed by atoms with Gasteiger partial charge in [-0.25, -0.2) is 19.6 Å². The van der Waals surface area contributed by atoms with E-state index in [4.69, 9.17) is 10.8 Å². The van der Waals surface area contributed by atoms with Gasteiger partial charge in [-0.2, -0.15) is 10.2 Å². The summed E-state index contributed by atoms with van der Waals surface area (Å²) >= 11 is 0. The molecule has 39 heavy (non-hydrogen) atoms. The number of nitrogens with zero attached hydrogens (tertiary/aromatic N) is 8. The van der Waals surface area contributed by atoms with Crippen LogP contribution >= 0.6 is 0 Å². The minimum atomic E-state index is 0.00901. The van der Waals surface area contributed by atoms with Crippen LogP contribution in [0.15, 0.2) is 67.6 Å². The van der Waals surface area contributed by atoms with Crippen LogP contribution in [0.3, 0.4) is 0 Å². The van der Waals surface area contributed by atoms with Crippen molar-refractivity contribution in [2.75, 3.05) is 18.8 Å². The van der Waals surface area contributed by atoms with Crippen molar-refractivity contribution >= 4 is 22.8 Å². The van der Waals surface area contributed by atoms with E-state index >= 15 is 0 Å². The number of aromatic nitrogens is 8. The third-order valence-corrected chi connectivity index (χ3v) is 7.89. The molecule has 2 atom stereocenters. The number of H-pyrrole nitrogens is 1. The molecule has 1 saturated heterocycles. The Bertz CT molecular complexity index is 1680. The van der Waals surface area contributed by atoms with Gasteiger partial charge in [0.1, 0.15) is 23.5 Å². The normalized spacial score (nSPS) is 20.4. The number of nitrogen functional groups attached to an aromatic ring is 1. The molecule has 3 N–H and O–H groups in total. The molecule has 1 aliphatic heterocycles. The quantitative estimate of drug-likeness (QED) is 0.336. The van der Waals surface area contributed by atoms with Gasteiger partial charge in [0.05, 0.1) is 11.4 Å². The maximum atomic E-state index is 12.1. The summed E-state index contributed by atoms with van der Waals surface area (Å²) in [6, 6.07) is 13.8. The minimum Gasteiger partial charge on any atom is -0.383 e. The first-order valence-corrected chi connectivity index (χ1v) is 12.9. The number of nitrogens with one attached hydrogen (secondary N) is 1. The van der Waals surface area contributed by atoms with Crippen LogP contribution in [0, 0.1) is 11.8 Å². The summed E-state index contributed by atoms with van der Waals surface area (Å²) in [5.74, 6) is 2.49. The van der Waals surface area contributed by atoms with E-state index in [0.717, 1.165) is 59.5 Å². The summed E-state index contributed by atoms with van der Waals surface area (Å²) in [4.78, 5) is 31.8. The van der Waals surface area contributed by atoms with Gasteiger partial charge in [-0.15, -0.1) is 0 Å². The Morgan fingerprint density at radius 3 is 2.51 bits per heavy atom. The first-order chi connectivity index (χ1) is 19.1. The fourth-order valence-corrected chi connectivity index (χ4v) is 6.01. The van der Waals surface area contributed by atoms with Crippen molar-refractivity contribution in [2.24, 2.45) is 11.8 Å². The number of carbonyl (C=O) groups excluding carboxylic acids is 1. The Labute approximate surface area is 223 Å². The Hall–Kier alpha value is -4.93. The number of carbonyl (C=O) groups is 1. The highest BCUT2D eigenvalue weighted by atomic mass is 16.2. The van der Waals surface area contributed by atoms with E-state index in [1.54, 1.807) is 6.20 Å². The molecule has 1 saturated carbocycles. The van der Waals surface area contributed by atoms with Gasteiger partial charge in [-0.1, -0.05) is 36.9 Å². The molecule has 11 nitrogen and oxygen atoms in total. The van der Waals surface area contributed by atoms with Crippen LogP contribution in [0.5, 0.6) is 0 Å². The molecule has 2 unspecified atom stereocenters. The number of aromatic amines is 1. The van der Waals surface area contributed by atoms with Gasteiger partial charge < -0.3 is 10.6 Å². The van der Waals surface area contributed by atoms with E-state index in [0.29, 0.717) is 29.3 Å². The van der Waals surface area contributed by atoms with Crippen LogP contribution in [0.25, 0.3) is 45.2 Å². The lowest BCUT2D eigenvalue weighted by molar-refractivity contribution is -0.125. The number of amides is 1. The Balaban J connectivity index is 1.18. The van der Waals surface area contributed by atoms with E-state index in [-0.39, 0.29) is 11.9 Å². The second-order valence-electron chi connectivity index (χ2n) is 10.1. The lowest BCUT2D eigenvalue weighted by Crippen LogP contribution is -2.28. The van der Waals surface area contributed by atoms with Gasteiger partial charge in [0.2, 0.25) is 5.91 Å². The highest BCUT2D eigenvalue weighted by molar-refractivity contribution is 5.98. The lowest BCUT2D eigenvalue weighted by atomic mass is 10.0. The van der Waals surface area contributed by atoms with Crippen molar-refractivity contribution in [3.05, 3.63) is 67.6 Å². The van der Waals surface area contributed by atoms with Gasteiger partial charge in [0, 0.05) is 30.4 Å². The largest absolute Gasteiger partial charge is 0.383 e. The summed E-state index contributed by atoms with van der Waals surface area (Å²) in [5, 5.41) is 13.1. The second kappa shape index (κ2) is 9.12. The number of hydrogen-bond acceptors (Lipinski definition) is 8. The number of pyridine rings is 1. The van der Waals surface area contributed by atoms with Crippen molar-refractivity contribution in [3.63, 3.8) is 0 Å². The number of anilines is 1. The Kier molecular flexibility index (Phi) is 5.43. The zero-order valence-corrected chi connectivity index (χ0v) is 21.1. The number of fused-ring (bicyclic) bond motifs is 2. The standard InChI is InChI=1S/C28H26N10O/c1-2-22(39)37-13-18-11-20(12-19(18)14-37)38-28-23(25(29)31-15-32-28)24(36-38)16-6-8-17(9-7-16)26-33-27(35-34-26)21-5-3-4-10-30-21/h2-10,15,18-20H,1,11-14H2,(H2,29,31,32)(H,33,34,35). The van der Waals surface area contributed by atoms with Crippen LogP contribution < -0.4 is 5.73 Å². The molecule has 1 aliphatic carbocycles. The van der Waals surface area contributed by atoms with Crippen LogP contribution in [0.1, 0.15) is 18.9 Å². The van der Waals surface area contributed by atoms with E-state index in [9.17, 15) is 4.79 Å². The third-order valence-electron chi connectivity index (χ3n) is 7.89. The molecule has 7 rings (SSSR count). The smallest absolute Gasteiger partial charge is 0.245 e. The molecule has 1 aromatic carbocycles. The minimum absolute atomic E-state index is 0.00901. The topological polar surface area (TPSA) is 144 Å². The summed E-state index contributed by atoms with van der Waals surface area (Å²) in [7, 11) is 0. The summed E-state index contributed by atoms with van der Waals surface area (Å²) in [6.45, 7) is 5.16. The zero-order valence-electron chi connectivity index (χ0n) is 21.1. The average molecular weight is 519 g/mol. The monoisotopic (exact) mass is 518 g/mol. The van der Waals surface area contributed by atoms with Gasteiger partial charge in [-0.05, 0) is 42.9 Å². The molecule has 194 valence electrons. The third kappa shape index (κ3) is 3.94. The Morgan fingerprint density at radius 1 is 1.03 bits per heavy atom. The second-order valence-corrected chi connectivity index (χ2v) is 10.1. The molecule has 1 amide bonds. The van der Waals surface area contributed by atoms with Crippen LogP contribution in [0.2, 0.25) is 0 Å². The molecule has 5 aromatic rings. The fourth-order valence-electron chi connectivity index (χ4n) is 6.01. The molecular formula is C28H26N10O. The first kappa shape index (κ1) is 23.2. The van der Waals surface area contributed by atoms with Crippen molar-refractivity contribution in [1.29, 1.82) is 0 Å². The number of rotatable bonds is 5. The van der Waals surface area contributed by atoms with Crippen LogP contribution in [-0.4, -0.2) is 63.8 Å². The molecule has 0 spiro atoms. The van der Waals surface area contributed by atoms with E-state index in [1.807, 2.05) is 52.0 Å². The van der Waals surface area contributed by atoms with Gasteiger partial charge in [0.25, 0.3) is 0 Å². The predicted molar refractivity (Wildman–Crippen MR) is 146 cm³/mol. The highest BCUT2D eigenvalue weighted by Gasteiger charge is 2.43. The van der Waals surface area contributed by atoms with Crippen LogP contribution in [-0.2, 0) is 4.79 Å². The van der Waals surface area contributed by atoms with Gasteiger partial charge >= 0.3 is 0 Å². The average Bonchev–Trinajstić information content (AvgIpc) is 3.75. The predicted octanol–water partition coefficient (Wildman–Crippen LogP) is 3.52. The molecule has 2 aliphatic rings. The van der Waals surface area contributed by atoms with E-state index < -0.39 is 0 Å². The lowest BCUT2D eigenvalue weighted by Gasteiger charge is -2.18. The summed E-state index contributed by atoms with van der Waals surface area (Å²) < 4.78 is 2.02. The molecule has 5 heterocycles. The zero-order chi connectivity index (χ0) is 26.5. The van der Waals surface area contributed by atoms with Gasteiger partial charge in [-0.3, -0.25) is 14.9 Å². The number of nitrogens with two attached hydrogens (primary N) is 1. The van der Waals surface area contributed by atoms with Crippen molar-refractivity contribution in [2.45, 2.75) is 18.9 Å². The number of likely N-dealkylation sites (tertiary alicyclic amines) is 1. The molecule has 11 heteroatoms. The van der Waals surface area contributed by atoms with E-state index in [1.165, 1.54) is 12.4 Å². The molecule has 2 fully saturated rings. The summed E-state index contributed by atoms with van der Waals surface area (Å²) in [6.07, 6.45) is 6.49. The highest BCUT2D eigenvalue weighted by Crippen LogP contribution is 2.45. The first-order valence-electron chi connectivity index (χ1n) is 12.9. The Morgan fingerprint density at radius 2 is 1.79 bits per heavy atom. The van der Waals surface area contributed by atoms with Gasteiger partial charge in [0.15, 0.2) is 17.3 Å². The SMILES string of the molecule is C=CC(=O)N1CC2CC(n3nc(-c4ccc(-c5n[nH]c(-c6ccccn6)n5)cc4)c4c(N)ncnc43)CC2C1. The molecule has 0 radical (unpaired) electrons. The molecule has 4 aromatic heterocycles. The van der Waals surface area contributed by atoms with Crippen molar-refractivity contribution in [1.82, 2.24) is 44.8 Å². The molecular weight excluding hydrogens is 492 g/mol. The fraction of sp³-hybridized carbons (Fsp3) is 0.250. The maximum Gasteiger partial charge on any atom is 0.245 e. The summed E-state index contributed by atoms with van der Waals surface area (Å²) in [5.41, 5.74) is 10.3. The van der Waals surface area contributed by atoms with E-state index in [2.05, 4.69) is 36.7 Å². The van der Waals surface area contributed by atoms with Crippen LogP contribution in [0.4, 0.5) is 5.82 Å². The maximum absolute atomic E-state index is 12.1. The number of hydrogen-bond donors (Lipinski definition) is 2. The molecule has 0 bridgehead atoms. The number of benzene rings is 1. The van der Waals surface area contributed by atoms with Crippen molar-refractivity contribution in [3.8, 4) is 34.2 Å². The van der Waals surface area contributed by atoms with Crippen molar-refractivity contribution < 1.29 is 4.79 Å².